The van der Waals surface area contributed by atoms with Crippen LogP contribution >= 0.6 is 0 Å². The van der Waals surface area contributed by atoms with Crippen molar-refractivity contribution in [3.05, 3.63) is 35.6 Å². The topological polar surface area (TPSA) is 37.3 Å². The van der Waals surface area contributed by atoms with Crippen LogP contribution in [0.1, 0.15) is 23.8 Å². The molecular weight excluding hydrogens is 171 g/mol. The van der Waals surface area contributed by atoms with Gasteiger partial charge < -0.3 is 5.11 Å². The summed E-state index contributed by atoms with van der Waals surface area (Å²) in [5.74, 6) is -2.61. The molecule has 0 aromatic heterocycles. The zero-order valence-electron chi connectivity index (χ0n) is 10.5. The Bertz CT molecular complexity index is 487. The van der Waals surface area contributed by atoms with Crippen LogP contribution in [0, 0.1) is 5.82 Å². The average molecular weight is 184 g/mol. The molecule has 68 valence electrons. The number of carbonyl (C=O) groups is 1. The van der Waals surface area contributed by atoms with E-state index in [-0.39, 0.29) is 0 Å². The summed E-state index contributed by atoms with van der Waals surface area (Å²) >= 11 is 0. The van der Waals surface area contributed by atoms with Crippen molar-refractivity contribution in [1.82, 2.24) is 0 Å². The van der Waals surface area contributed by atoms with Crippen LogP contribution in [-0.4, -0.2) is 11.1 Å². The van der Waals surface area contributed by atoms with E-state index in [4.69, 9.17) is 10.6 Å². The molecule has 0 bridgehead atoms. The quantitative estimate of drug-likeness (QED) is 0.762. The number of aliphatic carboxylic acids is 1. The fraction of sp³-hybridized carbons (Fsp3) is 0.300. The largest absolute Gasteiger partial charge is 0.481 e. The minimum atomic E-state index is -2.63. The molecule has 0 radical (unpaired) electrons. The zero-order chi connectivity index (χ0) is 13.1. The number of hydrogen-bond donors (Lipinski definition) is 1. The highest BCUT2D eigenvalue weighted by molar-refractivity contribution is 5.84. The van der Waals surface area contributed by atoms with Crippen LogP contribution in [0.25, 0.3) is 0 Å². The van der Waals surface area contributed by atoms with E-state index in [2.05, 4.69) is 0 Å². The summed E-state index contributed by atoms with van der Waals surface area (Å²) in [5.41, 5.74) is -2.92. The van der Waals surface area contributed by atoms with Crippen LogP contribution in [0.15, 0.2) is 24.3 Å². The minimum absolute atomic E-state index is 0.456. The normalized spacial score (nSPS) is 30.5. The maximum atomic E-state index is 13.6. The van der Waals surface area contributed by atoms with Crippen molar-refractivity contribution >= 4 is 5.97 Å². The lowest BCUT2D eigenvalue weighted by molar-refractivity contribution is -0.140. The van der Waals surface area contributed by atoms with Crippen molar-refractivity contribution in [2.45, 2.75) is 18.2 Å². The second kappa shape index (κ2) is 2.55. The summed E-state index contributed by atoms with van der Waals surface area (Å²) in [6.45, 7) is 0. The summed E-state index contributed by atoms with van der Waals surface area (Å²) in [6.07, 6.45) is -5.26. The van der Waals surface area contributed by atoms with Gasteiger partial charge in [-0.15, -0.1) is 0 Å². The van der Waals surface area contributed by atoms with E-state index in [1.54, 1.807) is 0 Å². The van der Waals surface area contributed by atoms with Gasteiger partial charge in [-0.25, -0.2) is 4.39 Å². The van der Waals surface area contributed by atoms with Gasteiger partial charge in [0.2, 0.25) is 0 Å². The van der Waals surface area contributed by atoms with Crippen LogP contribution in [0.5, 0.6) is 0 Å². The van der Waals surface area contributed by atoms with Gasteiger partial charge in [0.15, 0.2) is 0 Å². The van der Waals surface area contributed by atoms with Gasteiger partial charge in [-0.1, -0.05) is 18.2 Å². The Balaban J connectivity index is 2.71. The molecule has 0 amide bonds. The average Bonchev–Trinajstić information content (AvgIpc) is 2.56. The number of benzene rings is 1. The molecule has 0 aliphatic heterocycles. The smallest absolute Gasteiger partial charge is 0.314 e. The summed E-state index contributed by atoms with van der Waals surface area (Å²) in [5, 5.41) is 9.11. The molecule has 1 aromatic carbocycles. The third kappa shape index (κ3) is 1.11. The second-order valence-corrected chi connectivity index (χ2v) is 2.78. The Kier molecular flexibility index (Phi) is 0.932. The first-order valence-corrected chi connectivity index (χ1v) is 3.69. The predicted molar refractivity (Wildman–Crippen MR) is 44.9 cm³/mol. The van der Waals surface area contributed by atoms with Gasteiger partial charge in [-0.2, -0.15) is 0 Å². The third-order valence-corrected chi connectivity index (χ3v) is 1.97. The molecule has 1 aromatic rings. The van der Waals surface area contributed by atoms with Crippen molar-refractivity contribution in [2.24, 2.45) is 0 Å². The number of hydrogen-bond acceptors (Lipinski definition) is 1. The number of carboxylic acids is 1. The lowest BCUT2D eigenvalue weighted by Gasteiger charge is -2.10. The van der Waals surface area contributed by atoms with Gasteiger partial charge >= 0.3 is 5.97 Å². The Morgan fingerprint density at radius 3 is 2.62 bits per heavy atom. The standard InChI is InChI=1S/C10H9FO2/c11-8-4-2-1-3-7(8)10(5-6-10)9(12)13/h1-4H,5-6H2,(H,12,13)/i5D2,6D2. The number of carboxylic acid groups (broad SMARTS) is 1. The van der Waals surface area contributed by atoms with Crippen molar-refractivity contribution in [1.29, 1.82) is 0 Å². The fourth-order valence-corrected chi connectivity index (χ4v) is 1.18. The third-order valence-electron chi connectivity index (χ3n) is 1.97. The van der Waals surface area contributed by atoms with E-state index in [1.165, 1.54) is 12.1 Å². The van der Waals surface area contributed by atoms with Crippen LogP contribution in [0.4, 0.5) is 4.39 Å². The van der Waals surface area contributed by atoms with E-state index in [1.807, 2.05) is 0 Å². The highest BCUT2D eigenvalue weighted by Gasteiger charge is 2.53. The Morgan fingerprint density at radius 2 is 2.15 bits per heavy atom. The summed E-state index contributed by atoms with van der Waals surface area (Å²) in [7, 11) is 0. The van der Waals surface area contributed by atoms with Gasteiger partial charge in [-0.05, 0) is 18.8 Å². The van der Waals surface area contributed by atoms with Crippen LogP contribution in [-0.2, 0) is 10.2 Å². The van der Waals surface area contributed by atoms with Gasteiger partial charge in [0.25, 0.3) is 0 Å². The van der Waals surface area contributed by atoms with Crippen molar-refractivity contribution in [2.75, 3.05) is 0 Å². The SMILES string of the molecule is [2H]C1([2H])C([2H])([2H])C1(C(=O)O)c1ccccc1F. The molecule has 0 heterocycles. The van der Waals surface area contributed by atoms with Gasteiger partial charge in [0.1, 0.15) is 5.82 Å². The Hall–Kier alpha value is -1.38. The fourth-order valence-electron chi connectivity index (χ4n) is 1.18. The van der Waals surface area contributed by atoms with E-state index < -0.39 is 35.5 Å². The highest BCUT2D eigenvalue weighted by Crippen LogP contribution is 2.49. The molecule has 1 aliphatic carbocycles. The number of rotatable bonds is 2. The summed E-state index contributed by atoms with van der Waals surface area (Å²) < 4.78 is 43.4. The molecule has 13 heavy (non-hydrogen) atoms. The zero-order valence-corrected chi connectivity index (χ0v) is 6.54. The Labute approximate surface area is 80.6 Å². The molecule has 3 heteroatoms. The molecule has 1 fully saturated rings. The predicted octanol–water partition coefficient (Wildman–Crippen LogP) is 1.94. The van der Waals surface area contributed by atoms with E-state index in [0.29, 0.717) is 0 Å². The lowest BCUT2D eigenvalue weighted by atomic mass is 9.96. The first-order valence-electron chi connectivity index (χ1n) is 5.69. The van der Waals surface area contributed by atoms with Crippen LogP contribution in [0.2, 0.25) is 0 Å². The van der Waals surface area contributed by atoms with Gasteiger partial charge in [0, 0.05) is 11.0 Å². The van der Waals surface area contributed by atoms with E-state index in [0.717, 1.165) is 12.1 Å². The van der Waals surface area contributed by atoms with Crippen LogP contribution < -0.4 is 0 Å². The molecule has 0 spiro atoms. The van der Waals surface area contributed by atoms with Crippen molar-refractivity contribution < 1.29 is 19.8 Å². The molecule has 0 atom stereocenters. The number of halogens is 1. The highest BCUT2D eigenvalue weighted by atomic mass is 19.1. The van der Waals surface area contributed by atoms with Crippen LogP contribution in [0.3, 0.4) is 0 Å². The lowest BCUT2D eigenvalue weighted by Crippen LogP contribution is -2.20. The Morgan fingerprint density at radius 1 is 1.54 bits per heavy atom. The van der Waals surface area contributed by atoms with Crippen molar-refractivity contribution in [3.63, 3.8) is 0 Å². The summed E-state index contributed by atoms with van der Waals surface area (Å²) in [6, 6.07) is 4.78. The van der Waals surface area contributed by atoms with E-state index in [9.17, 15) is 9.18 Å². The van der Waals surface area contributed by atoms with E-state index >= 15 is 0 Å². The first kappa shape index (κ1) is 4.74. The molecule has 0 saturated heterocycles. The second-order valence-electron chi connectivity index (χ2n) is 2.78. The van der Waals surface area contributed by atoms with Crippen molar-refractivity contribution in [3.8, 4) is 0 Å². The summed E-state index contributed by atoms with van der Waals surface area (Å²) in [4.78, 5) is 11.2. The minimum Gasteiger partial charge on any atom is -0.481 e. The molecule has 1 aliphatic rings. The van der Waals surface area contributed by atoms with Gasteiger partial charge in [-0.3, -0.25) is 4.79 Å². The maximum absolute atomic E-state index is 13.6. The first-order chi connectivity index (χ1) is 7.71. The molecule has 2 rings (SSSR count). The monoisotopic (exact) mass is 184 g/mol. The van der Waals surface area contributed by atoms with Gasteiger partial charge in [0.05, 0.1) is 5.41 Å². The maximum Gasteiger partial charge on any atom is 0.314 e. The molecule has 0 unspecified atom stereocenters. The molecule has 1 saturated carbocycles. The molecule has 1 N–H and O–H groups in total. The molecular formula is C10H9FO2. The molecule has 2 nitrogen and oxygen atoms in total.